The number of rotatable bonds is 7. The molecule has 96 valence electrons. The molecule has 0 bridgehead atoms. The molecule has 0 radical (unpaired) electrons. The van der Waals surface area contributed by atoms with Crippen LogP contribution in [0.3, 0.4) is 0 Å². The van der Waals surface area contributed by atoms with Crippen LogP contribution in [-0.4, -0.2) is 13.1 Å². The average molecular weight is 233 g/mol. The van der Waals surface area contributed by atoms with Crippen molar-refractivity contribution in [2.45, 2.75) is 47.0 Å². The maximum absolute atomic E-state index is 3.50. The van der Waals surface area contributed by atoms with Gasteiger partial charge in [-0.25, -0.2) is 0 Å². The van der Waals surface area contributed by atoms with Crippen LogP contribution in [0.25, 0.3) is 0 Å². The van der Waals surface area contributed by atoms with E-state index in [-0.39, 0.29) is 0 Å². The molecule has 0 aliphatic rings. The molecule has 0 spiro atoms. The predicted octanol–water partition coefficient (Wildman–Crippen LogP) is 3.87. The molecule has 0 amide bonds. The largest absolute Gasteiger partial charge is 0.316 e. The van der Waals surface area contributed by atoms with Crippen molar-refractivity contribution in [3.8, 4) is 0 Å². The van der Waals surface area contributed by atoms with Gasteiger partial charge in [-0.1, -0.05) is 32.0 Å². The lowest BCUT2D eigenvalue weighted by Gasteiger charge is -2.10. The molecule has 1 N–H and O–H groups in total. The zero-order chi connectivity index (χ0) is 12.7. The first-order valence-electron chi connectivity index (χ1n) is 6.87. The van der Waals surface area contributed by atoms with E-state index in [4.69, 9.17) is 0 Å². The van der Waals surface area contributed by atoms with Crippen molar-refractivity contribution >= 4 is 0 Å². The molecular formula is C16H27N. The van der Waals surface area contributed by atoms with Crippen LogP contribution in [0, 0.1) is 19.8 Å². The Labute approximate surface area is 107 Å². The zero-order valence-corrected chi connectivity index (χ0v) is 11.8. The summed E-state index contributed by atoms with van der Waals surface area (Å²) in [5.41, 5.74) is 4.44. The topological polar surface area (TPSA) is 12.0 Å². The van der Waals surface area contributed by atoms with Crippen molar-refractivity contribution in [3.05, 3.63) is 34.9 Å². The normalized spacial score (nSPS) is 11.1. The molecule has 17 heavy (non-hydrogen) atoms. The van der Waals surface area contributed by atoms with Crippen LogP contribution < -0.4 is 5.32 Å². The van der Waals surface area contributed by atoms with Gasteiger partial charge in [0.1, 0.15) is 0 Å². The van der Waals surface area contributed by atoms with Gasteiger partial charge in [0.05, 0.1) is 0 Å². The summed E-state index contributed by atoms with van der Waals surface area (Å²) in [6, 6.07) is 6.59. The molecule has 0 saturated heterocycles. The first-order chi connectivity index (χ1) is 8.11. The van der Waals surface area contributed by atoms with Gasteiger partial charge in [0.25, 0.3) is 0 Å². The van der Waals surface area contributed by atoms with Crippen molar-refractivity contribution in [2.75, 3.05) is 13.1 Å². The van der Waals surface area contributed by atoms with Crippen LogP contribution in [0.5, 0.6) is 0 Å². The molecule has 0 fully saturated rings. The summed E-state index contributed by atoms with van der Waals surface area (Å²) in [4.78, 5) is 0. The Hall–Kier alpha value is -0.820. The smallest absolute Gasteiger partial charge is 0.00258 e. The van der Waals surface area contributed by atoms with Gasteiger partial charge in [-0.3, -0.25) is 0 Å². The van der Waals surface area contributed by atoms with Crippen molar-refractivity contribution in [2.24, 2.45) is 5.92 Å². The molecule has 0 unspecified atom stereocenters. The second kappa shape index (κ2) is 7.50. The summed E-state index contributed by atoms with van der Waals surface area (Å²) in [6.07, 6.45) is 3.79. The maximum atomic E-state index is 3.50. The van der Waals surface area contributed by atoms with Gasteiger partial charge >= 0.3 is 0 Å². The monoisotopic (exact) mass is 233 g/mol. The van der Waals surface area contributed by atoms with E-state index in [1.165, 1.54) is 30.4 Å². The fraction of sp³-hybridized carbons (Fsp3) is 0.625. The van der Waals surface area contributed by atoms with Crippen LogP contribution in [0.2, 0.25) is 0 Å². The predicted molar refractivity (Wildman–Crippen MR) is 76.6 cm³/mol. The summed E-state index contributed by atoms with van der Waals surface area (Å²) in [5, 5.41) is 3.50. The first-order valence-corrected chi connectivity index (χ1v) is 6.87. The first kappa shape index (κ1) is 14.2. The Morgan fingerprint density at radius 2 is 1.71 bits per heavy atom. The number of hydrogen-bond donors (Lipinski definition) is 1. The van der Waals surface area contributed by atoms with Gasteiger partial charge in [-0.15, -0.1) is 0 Å². The molecular weight excluding hydrogens is 206 g/mol. The molecule has 0 aliphatic heterocycles. The van der Waals surface area contributed by atoms with Crippen molar-refractivity contribution in [1.82, 2.24) is 5.32 Å². The van der Waals surface area contributed by atoms with E-state index < -0.39 is 0 Å². The number of hydrogen-bond acceptors (Lipinski definition) is 1. The van der Waals surface area contributed by atoms with Crippen LogP contribution in [-0.2, 0) is 6.42 Å². The number of unbranched alkanes of at least 4 members (excludes halogenated alkanes) is 1. The number of benzene rings is 1. The molecule has 0 aromatic heterocycles. The zero-order valence-electron chi connectivity index (χ0n) is 11.8. The lowest BCUT2D eigenvalue weighted by Crippen LogP contribution is -2.20. The lowest BCUT2D eigenvalue weighted by atomic mass is 9.98. The Morgan fingerprint density at radius 1 is 1.06 bits per heavy atom. The van der Waals surface area contributed by atoms with Gasteiger partial charge in [0.2, 0.25) is 0 Å². The van der Waals surface area contributed by atoms with Crippen LogP contribution in [0.4, 0.5) is 0 Å². The van der Waals surface area contributed by atoms with Crippen molar-refractivity contribution in [3.63, 3.8) is 0 Å². The van der Waals surface area contributed by atoms with Gasteiger partial charge in [0.15, 0.2) is 0 Å². The fourth-order valence-corrected chi connectivity index (χ4v) is 2.19. The SMILES string of the molecule is Cc1cccc(C)c1CCCCNCC(C)C. The summed E-state index contributed by atoms with van der Waals surface area (Å²) in [5.74, 6) is 0.758. The van der Waals surface area contributed by atoms with E-state index >= 15 is 0 Å². The maximum Gasteiger partial charge on any atom is -0.00258 e. The minimum Gasteiger partial charge on any atom is -0.316 e. The number of nitrogens with one attached hydrogen (secondary N) is 1. The molecule has 1 aromatic rings. The Bertz CT molecular complexity index is 308. The Balaban J connectivity index is 2.22. The summed E-state index contributed by atoms with van der Waals surface area (Å²) >= 11 is 0. The highest BCUT2D eigenvalue weighted by Gasteiger charge is 2.01. The lowest BCUT2D eigenvalue weighted by molar-refractivity contribution is 0.535. The van der Waals surface area contributed by atoms with Gasteiger partial charge < -0.3 is 5.32 Å². The third kappa shape index (κ3) is 5.36. The third-order valence-electron chi connectivity index (χ3n) is 3.23. The van der Waals surface area contributed by atoms with E-state index in [0.29, 0.717) is 0 Å². The summed E-state index contributed by atoms with van der Waals surface area (Å²) in [6.45, 7) is 11.2. The second-order valence-corrected chi connectivity index (χ2v) is 5.43. The quantitative estimate of drug-likeness (QED) is 0.705. The Kier molecular flexibility index (Phi) is 6.28. The van der Waals surface area contributed by atoms with Gasteiger partial charge in [0, 0.05) is 0 Å². The highest BCUT2D eigenvalue weighted by Crippen LogP contribution is 2.15. The molecule has 1 heteroatoms. The Morgan fingerprint density at radius 3 is 2.29 bits per heavy atom. The minimum atomic E-state index is 0.758. The standard InChI is InChI=1S/C16H27N/c1-13(2)12-17-11-6-5-10-16-14(3)8-7-9-15(16)4/h7-9,13,17H,5-6,10-12H2,1-4H3. The fourth-order valence-electron chi connectivity index (χ4n) is 2.19. The highest BCUT2D eigenvalue weighted by atomic mass is 14.8. The summed E-state index contributed by atoms with van der Waals surface area (Å²) in [7, 11) is 0. The van der Waals surface area contributed by atoms with E-state index in [1.54, 1.807) is 5.56 Å². The molecule has 0 heterocycles. The van der Waals surface area contributed by atoms with Crippen molar-refractivity contribution in [1.29, 1.82) is 0 Å². The van der Waals surface area contributed by atoms with Crippen molar-refractivity contribution < 1.29 is 0 Å². The molecule has 0 atom stereocenters. The molecule has 1 nitrogen and oxygen atoms in total. The minimum absolute atomic E-state index is 0.758. The van der Waals surface area contributed by atoms with E-state index in [0.717, 1.165) is 19.0 Å². The average Bonchev–Trinajstić information content (AvgIpc) is 2.26. The molecule has 1 rings (SSSR count). The van der Waals surface area contributed by atoms with Gasteiger partial charge in [-0.05, 0) is 68.8 Å². The van der Waals surface area contributed by atoms with E-state index in [1.807, 2.05) is 0 Å². The highest BCUT2D eigenvalue weighted by molar-refractivity contribution is 5.33. The number of aryl methyl sites for hydroxylation is 2. The molecule has 1 aromatic carbocycles. The van der Waals surface area contributed by atoms with Crippen LogP contribution in [0.15, 0.2) is 18.2 Å². The molecule has 0 saturated carbocycles. The van der Waals surface area contributed by atoms with E-state index in [9.17, 15) is 0 Å². The van der Waals surface area contributed by atoms with Gasteiger partial charge in [-0.2, -0.15) is 0 Å². The van der Waals surface area contributed by atoms with Crippen LogP contribution >= 0.6 is 0 Å². The second-order valence-electron chi connectivity index (χ2n) is 5.43. The van der Waals surface area contributed by atoms with E-state index in [2.05, 4.69) is 51.2 Å². The third-order valence-corrected chi connectivity index (χ3v) is 3.23. The van der Waals surface area contributed by atoms with Crippen LogP contribution in [0.1, 0.15) is 43.4 Å². The summed E-state index contributed by atoms with van der Waals surface area (Å²) < 4.78 is 0. The molecule has 0 aliphatic carbocycles.